The van der Waals surface area contributed by atoms with E-state index >= 15 is 0 Å². The van der Waals surface area contributed by atoms with E-state index < -0.39 is 85.4 Å². The summed E-state index contributed by atoms with van der Waals surface area (Å²) >= 11 is 0. The number of esters is 2. The van der Waals surface area contributed by atoms with Crippen molar-refractivity contribution in [3.05, 3.63) is 11.6 Å². The average molecular weight is 851 g/mol. The molecule has 0 radical (unpaired) electrons. The number of rotatable bonds is 9. The van der Waals surface area contributed by atoms with Crippen molar-refractivity contribution in [2.24, 2.45) is 50.2 Å². The molecule has 14 nitrogen and oxygen atoms in total. The standard InChI is InChI=1S/C46H74O14/c1-9-10-21-56-37(54)36-33(51)32(50)35(53)39(59-36)58-29-14-15-43(6)27(42(29,4)5)13-16-45(8)28(43)12-11-24-25-22-41(2,3)17-19-46(25,20-18-44(24,45)7)40(55)60-38-34(52)31(49)30(48)26(23-47)57-38/h11,25-36,38-39,47-53H,9-10,12-23H2,1-8H3/t25-,26+,27+,28-,29+,30+,31-,32-,33-,34-,35-,36+,38+,39-,43-,44+,45+,46+/m1/s1. The molecule has 0 aromatic carbocycles. The third-order valence-electron chi connectivity index (χ3n) is 17.9. The van der Waals surface area contributed by atoms with Crippen LogP contribution in [0.25, 0.3) is 0 Å². The molecule has 60 heavy (non-hydrogen) atoms. The molecule has 2 aliphatic heterocycles. The third-order valence-corrected chi connectivity index (χ3v) is 17.9. The third kappa shape index (κ3) is 7.23. The zero-order chi connectivity index (χ0) is 44.0. The lowest BCUT2D eigenvalue weighted by molar-refractivity contribution is -0.324. The van der Waals surface area contributed by atoms with E-state index in [0.717, 1.165) is 51.4 Å². The van der Waals surface area contributed by atoms with Gasteiger partial charge in [0.05, 0.1) is 24.7 Å². The van der Waals surface area contributed by atoms with Crippen LogP contribution in [-0.2, 0) is 33.3 Å². The Hall–Kier alpha value is -1.72. The van der Waals surface area contributed by atoms with Gasteiger partial charge in [-0.3, -0.25) is 4.79 Å². The summed E-state index contributed by atoms with van der Waals surface area (Å²) in [7, 11) is 0. The first kappa shape index (κ1) is 46.3. The van der Waals surface area contributed by atoms with Gasteiger partial charge < -0.3 is 59.4 Å². The van der Waals surface area contributed by atoms with E-state index in [1.165, 1.54) is 5.57 Å². The van der Waals surface area contributed by atoms with Gasteiger partial charge in [-0.2, -0.15) is 0 Å². The van der Waals surface area contributed by atoms with Crippen LogP contribution >= 0.6 is 0 Å². The molecule has 6 fully saturated rings. The molecule has 7 N–H and O–H groups in total. The fraction of sp³-hybridized carbons (Fsp3) is 0.913. The molecule has 14 heteroatoms. The molecule has 0 amide bonds. The minimum absolute atomic E-state index is 0.0282. The van der Waals surface area contributed by atoms with Crippen molar-refractivity contribution in [2.75, 3.05) is 13.2 Å². The van der Waals surface area contributed by atoms with Crippen LogP contribution in [0.2, 0.25) is 0 Å². The van der Waals surface area contributed by atoms with Gasteiger partial charge in [0.25, 0.3) is 0 Å². The normalized spacial score (nSPS) is 49.5. The Bertz CT molecular complexity index is 1630. The molecule has 0 aromatic rings. The number of carbonyl (C=O) groups is 2. The fourth-order valence-electron chi connectivity index (χ4n) is 13.9. The van der Waals surface area contributed by atoms with Gasteiger partial charge in [-0.05, 0) is 115 Å². The van der Waals surface area contributed by atoms with E-state index in [0.29, 0.717) is 31.6 Å². The zero-order valence-electron chi connectivity index (χ0n) is 37.0. The first-order chi connectivity index (χ1) is 28.0. The SMILES string of the molecule is CCCCOC(=O)[C@H]1O[C@@H](O[C@H]2CC[C@@]3(C)[C@H]4CC=C5[C@H]6CC(C)(C)CC[C@]6(C(=O)O[C@@H]6O[C@@H](CO)[C@H](O)[C@@H](O)[C@H]6O)CC[C@]5(C)[C@@]4(C)CC[C@H]3C2(C)C)[C@H](O)[C@H](O)[C@H]1O. The van der Waals surface area contributed by atoms with Gasteiger partial charge in [0.2, 0.25) is 6.29 Å². The quantitative estimate of drug-likeness (QED) is 0.0762. The van der Waals surface area contributed by atoms with Crippen molar-refractivity contribution in [1.82, 2.24) is 0 Å². The highest BCUT2D eigenvalue weighted by atomic mass is 16.7. The van der Waals surface area contributed by atoms with Gasteiger partial charge in [0.15, 0.2) is 12.4 Å². The number of unbranched alkanes of at least 4 members (excludes halogenated alkanes) is 1. The van der Waals surface area contributed by atoms with Crippen molar-refractivity contribution >= 4 is 11.9 Å². The lowest BCUT2D eigenvalue weighted by Gasteiger charge is -2.71. The molecule has 2 saturated heterocycles. The van der Waals surface area contributed by atoms with E-state index in [4.69, 9.17) is 23.7 Å². The van der Waals surface area contributed by atoms with Gasteiger partial charge in [0, 0.05) is 0 Å². The summed E-state index contributed by atoms with van der Waals surface area (Å²) in [6.07, 6.45) is -3.85. The Morgan fingerprint density at radius 1 is 0.767 bits per heavy atom. The van der Waals surface area contributed by atoms with Crippen LogP contribution in [0.4, 0.5) is 0 Å². The van der Waals surface area contributed by atoms with Crippen molar-refractivity contribution < 1.29 is 69.0 Å². The Morgan fingerprint density at radius 3 is 2.12 bits per heavy atom. The topological polar surface area (TPSA) is 222 Å². The average Bonchev–Trinajstić information content (AvgIpc) is 3.19. The van der Waals surface area contributed by atoms with Gasteiger partial charge in [0.1, 0.15) is 42.7 Å². The Kier molecular flexibility index (Phi) is 12.6. The summed E-state index contributed by atoms with van der Waals surface area (Å²) in [5, 5.41) is 74.0. The number of fused-ring (bicyclic) bond motifs is 7. The van der Waals surface area contributed by atoms with Crippen LogP contribution in [-0.4, -0.2) is 128 Å². The Balaban J connectivity index is 1.13. The summed E-state index contributed by atoms with van der Waals surface area (Å²) in [5.41, 5.74) is -0.363. The number of hydrogen-bond acceptors (Lipinski definition) is 14. The van der Waals surface area contributed by atoms with E-state index in [1.54, 1.807) is 0 Å². The minimum atomic E-state index is -1.67. The smallest absolute Gasteiger partial charge is 0.338 e. The van der Waals surface area contributed by atoms with Crippen LogP contribution in [0, 0.1) is 50.2 Å². The number of aliphatic hydroxyl groups excluding tert-OH is 7. The zero-order valence-corrected chi connectivity index (χ0v) is 37.0. The van der Waals surface area contributed by atoms with Gasteiger partial charge in [-0.25, -0.2) is 4.79 Å². The van der Waals surface area contributed by atoms with Crippen LogP contribution in [0.1, 0.15) is 132 Å². The highest BCUT2D eigenvalue weighted by Gasteiger charge is 2.70. The molecule has 18 atom stereocenters. The van der Waals surface area contributed by atoms with E-state index in [-0.39, 0.29) is 51.6 Å². The first-order valence-corrected chi connectivity index (χ1v) is 22.8. The number of carbonyl (C=O) groups excluding carboxylic acids is 2. The number of hydrogen-bond donors (Lipinski definition) is 7. The minimum Gasteiger partial charge on any atom is -0.464 e. The highest BCUT2D eigenvalue weighted by Crippen LogP contribution is 2.76. The second kappa shape index (κ2) is 16.4. The molecule has 0 bridgehead atoms. The van der Waals surface area contributed by atoms with E-state index in [9.17, 15) is 45.3 Å². The maximum Gasteiger partial charge on any atom is 0.338 e. The molecule has 4 saturated carbocycles. The Morgan fingerprint density at radius 2 is 1.43 bits per heavy atom. The molecular formula is C46H74O14. The molecule has 7 aliphatic rings. The van der Waals surface area contributed by atoms with E-state index in [1.807, 2.05) is 6.92 Å². The summed E-state index contributed by atoms with van der Waals surface area (Å²) < 4.78 is 29.4. The molecule has 7 rings (SSSR count). The maximum absolute atomic E-state index is 14.6. The largest absolute Gasteiger partial charge is 0.464 e. The number of allylic oxidation sites excluding steroid dienone is 2. The fourth-order valence-corrected chi connectivity index (χ4v) is 13.9. The molecular weight excluding hydrogens is 776 g/mol. The Labute approximate surface area is 355 Å². The molecule has 0 aromatic heterocycles. The second-order valence-corrected chi connectivity index (χ2v) is 21.9. The molecule has 0 unspecified atom stereocenters. The lowest BCUT2D eigenvalue weighted by Crippen LogP contribution is -2.66. The molecule has 5 aliphatic carbocycles. The predicted octanol–water partition coefficient (Wildman–Crippen LogP) is 3.67. The van der Waals surface area contributed by atoms with Crippen molar-refractivity contribution in [2.45, 2.75) is 200 Å². The van der Waals surface area contributed by atoms with Gasteiger partial charge in [-0.15, -0.1) is 0 Å². The number of ether oxygens (including phenoxy) is 5. The predicted molar refractivity (Wildman–Crippen MR) is 216 cm³/mol. The van der Waals surface area contributed by atoms with Gasteiger partial charge in [-0.1, -0.05) is 73.5 Å². The van der Waals surface area contributed by atoms with Crippen LogP contribution < -0.4 is 0 Å². The summed E-state index contributed by atoms with van der Waals surface area (Å²) in [4.78, 5) is 27.5. The summed E-state index contributed by atoms with van der Waals surface area (Å²) in [5.74, 6) is -0.815. The van der Waals surface area contributed by atoms with Crippen molar-refractivity contribution in [3.8, 4) is 0 Å². The molecule has 342 valence electrons. The highest BCUT2D eigenvalue weighted by molar-refractivity contribution is 5.79. The molecule has 2 heterocycles. The van der Waals surface area contributed by atoms with Crippen molar-refractivity contribution in [3.63, 3.8) is 0 Å². The number of aliphatic hydroxyl groups is 7. The van der Waals surface area contributed by atoms with Crippen LogP contribution in [0.15, 0.2) is 11.6 Å². The molecule has 0 spiro atoms. The monoisotopic (exact) mass is 851 g/mol. The summed E-state index contributed by atoms with van der Waals surface area (Å²) in [6, 6.07) is 0. The van der Waals surface area contributed by atoms with Crippen LogP contribution in [0.3, 0.4) is 0 Å². The van der Waals surface area contributed by atoms with Gasteiger partial charge >= 0.3 is 11.9 Å². The lowest BCUT2D eigenvalue weighted by atomic mass is 9.33. The second-order valence-electron chi connectivity index (χ2n) is 21.9. The van der Waals surface area contributed by atoms with E-state index in [2.05, 4.69) is 54.5 Å². The first-order valence-electron chi connectivity index (χ1n) is 22.8. The summed E-state index contributed by atoms with van der Waals surface area (Å²) in [6.45, 7) is 17.8. The maximum atomic E-state index is 14.6. The van der Waals surface area contributed by atoms with Crippen molar-refractivity contribution in [1.29, 1.82) is 0 Å². The van der Waals surface area contributed by atoms with Crippen LogP contribution in [0.5, 0.6) is 0 Å².